The highest BCUT2D eigenvalue weighted by Gasteiger charge is 2.19. The number of nitrogens with zero attached hydrogens (tertiary/aromatic N) is 5. The molecule has 0 spiro atoms. The van der Waals surface area contributed by atoms with Crippen molar-refractivity contribution in [3.05, 3.63) is 66.6 Å². The fourth-order valence-corrected chi connectivity index (χ4v) is 2.90. The van der Waals surface area contributed by atoms with Crippen LogP contribution < -0.4 is 0 Å². The van der Waals surface area contributed by atoms with Crippen LogP contribution in [0.4, 0.5) is 4.79 Å². The van der Waals surface area contributed by atoms with E-state index in [4.69, 9.17) is 4.74 Å². The second-order valence-electron chi connectivity index (χ2n) is 7.59. The smallest absolute Gasteiger partial charge is 0.420 e. The molecule has 0 atom stereocenters. The van der Waals surface area contributed by atoms with Gasteiger partial charge < -0.3 is 4.74 Å². The highest BCUT2D eigenvalue weighted by molar-refractivity contribution is 5.88. The lowest BCUT2D eigenvalue weighted by Gasteiger charge is -2.19. The van der Waals surface area contributed by atoms with Gasteiger partial charge in [0.25, 0.3) is 0 Å². The van der Waals surface area contributed by atoms with Gasteiger partial charge in [0, 0.05) is 23.3 Å². The molecule has 0 aliphatic carbocycles. The Kier molecular flexibility index (Phi) is 4.43. The third kappa shape index (κ3) is 3.78. The first-order chi connectivity index (χ1) is 13.4. The molecule has 1 aromatic carbocycles. The summed E-state index contributed by atoms with van der Waals surface area (Å²) in [5, 5.41) is 9.29. The van der Waals surface area contributed by atoms with Gasteiger partial charge in [0.15, 0.2) is 0 Å². The Morgan fingerprint density at radius 2 is 1.93 bits per heavy atom. The zero-order valence-corrected chi connectivity index (χ0v) is 16.0. The van der Waals surface area contributed by atoms with Crippen molar-refractivity contribution in [3.63, 3.8) is 0 Å². The summed E-state index contributed by atoms with van der Waals surface area (Å²) < 4.78 is 8.63. The summed E-state index contributed by atoms with van der Waals surface area (Å²) in [6.07, 6.45) is 4.80. The summed E-state index contributed by atoms with van der Waals surface area (Å²) in [6.45, 7) is 6.15. The minimum absolute atomic E-state index is 0.448. The second kappa shape index (κ2) is 6.92. The Balaban J connectivity index is 1.58. The molecular formula is C21H21N5O2. The molecule has 3 aromatic heterocycles. The van der Waals surface area contributed by atoms with E-state index < -0.39 is 11.7 Å². The van der Waals surface area contributed by atoms with Gasteiger partial charge in [-0.15, -0.1) is 5.10 Å². The molecule has 28 heavy (non-hydrogen) atoms. The third-order valence-corrected chi connectivity index (χ3v) is 4.14. The molecule has 3 heterocycles. The van der Waals surface area contributed by atoms with Gasteiger partial charge >= 0.3 is 6.09 Å². The maximum atomic E-state index is 12.3. The van der Waals surface area contributed by atoms with Crippen molar-refractivity contribution in [1.29, 1.82) is 0 Å². The van der Waals surface area contributed by atoms with Crippen molar-refractivity contribution < 1.29 is 9.53 Å². The lowest BCUT2D eigenvalue weighted by molar-refractivity contribution is 0.0543. The molecule has 4 rings (SSSR count). The van der Waals surface area contributed by atoms with E-state index in [0.29, 0.717) is 12.2 Å². The van der Waals surface area contributed by atoms with E-state index in [1.165, 1.54) is 4.57 Å². The average Bonchev–Trinajstić information content (AvgIpc) is 3.27. The van der Waals surface area contributed by atoms with Gasteiger partial charge in [0.05, 0.1) is 12.7 Å². The average molecular weight is 375 g/mol. The first-order valence-electron chi connectivity index (χ1n) is 9.04. The third-order valence-electron chi connectivity index (χ3n) is 4.14. The molecule has 0 aliphatic rings. The van der Waals surface area contributed by atoms with E-state index >= 15 is 0 Å². The molecule has 0 radical (unpaired) electrons. The summed E-state index contributed by atoms with van der Waals surface area (Å²) in [4.78, 5) is 16.8. The Morgan fingerprint density at radius 1 is 1.14 bits per heavy atom. The molecule has 0 N–H and O–H groups in total. The maximum Gasteiger partial charge on any atom is 0.420 e. The van der Waals surface area contributed by atoms with E-state index in [9.17, 15) is 4.79 Å². The number of fused-ring (bicyclic) bond motifs is 1. The van der Waals surface area contributed by atoms with Crippen molar-refractivity contribution in [1.82, 2.24) is 24.5 Å². The molecule has 0 bridgehead atoms. The van der Waals surface area contributed by atoms with Crippen molar-refractivity contribution >= 4 is 17.1 Å². The van der Waals surface area contributed by atoms with Crippen molar-refractivity contribution in [2.75, 3.05) is 0 Å². The van der Waals surface area contributed by atoms with Crippen LogP contribution >= 0.6 is 0 Å². The van der Waals surface area contributed by atoms with Gasteiger partial charge in [0.2, 0.25) is 0 Å². The topological polar surface area (TPSA) is 74.8 Å². The fraction of sp³-hybridized carbons (Fsp3) is 0.238. The normalized spacial score (nSPS) is 11.7. The van der Waals surface area contributed by atoms with Gasteiger partial charge in [0.1, 0.15) is 16.9 Å². The second-order valence-corrected chi connectivity index (χ2v) is 7.59. The number of carbonyl (C=O) groups is 1. The fourth-order valence-electron chi connectivity index (χ4n) is 2.90. The SMILES string of the molecule is CC(C)(C)OC(=O)n1ccc2cc(-c3cn(Cc4ccccc4)nn3)cnc21. The Bertz CT molecular complexity index is 1120. The first-order valence-corrected chi connectivity index (χ1v) is 9.04. The number of rotatable bonds is 3. The van der Waals surface area contributed by atoms with Crippen LogP contribution in [0.2, 0.25) is 0 Å². The van der Waals surface area contributed by atoms with Crippen molar-refractivity contribution in [3.8, 4) is 11.3 Å². The molecule has 0 amide bonds. The summed E-state index contributed by atoms with van der Waals surface area (Å²) in [5.41, 5.74) is 2.71. The monoisotopic (exact) mass is 375 g/mol. The summed E-state index contributed by atoms with van der Waals surface area (Å²) >= 11 is 0. The van der Waals surface area contributed by atoms with Gasteiger partial charge in [-0.3, -0.25) is 0 Å². The Labute approximate surface area is 162 Å². The summed E-state index contributed by atoms with van der Waals surface area (Å²) in [5.74, 6) is 0. The molecular weight excluding hydrogens is 354 g/mol. The zero-order chi connectivity index (χ0) is 19.7. The van der Waals surface area contributed by atoms with Crippen LogP contribution in [-0.2, 0) is 11.3 Å². The Hall–Kier alpha value is -3.48. The number of benzene rings is 1. The largest absolute Gasteiger partial charge is 0.443 e. The molecule has 0 aliphatic heterocycles. The number of carbonyl (C=O) groups excluding carboxylic acids is 1. The van der Waals surface area contributed by atoms with Gasteiger partial charge in [-0.2, -0.15) is 0 Å². The standard InChI is InChI=1S/C21H21N5O2/c1-21(2,3)28-20(27)26-10-9-16-11-17(12-22-19(16)26)18-14-25(24-23-18)13-15-7-5-4-6-8-15/h4-12,14H,13H2,1-3H3. The molecule has 0 unspecified atom stereocenters. The van der Waals surface area contributed by atoms with Crippen molar-refractivity contribution in [2.24, 2.45) is 0 Å². The highest BCUT2D eigenvalue weighted by atomic mass is 16.6. The summed E-state index contributed by atoms with van der Waals surface area (Å²) in [6, 6.07) is 13.9. The molecule has 0 saturated carbocycles. The van der Waals surface area contributed by atoms with Gasteiger partial charge in [-0.1, -0.05) is 35.5 Å². The van der Waals surface area contributed by atoms with Crippen LogP contribution in [-0.4, -0.2) is 36.2 Å². The molecule has 7 heteroatoms. The Morgan fingerprint density at radius 3 is 2.68 bits per heavy atom. The molecule has 0 fully saturated rings. The highest BCUT2D eigenvalue weighted by Crippen LogP contribution is 2.22. The lowest BCUT2D eigenvalue weighted by Crippen LogP contribution is -2.26. The van der Waals surface area contributed by atoms with E-state index in [0.717, 1.165) is 22.2 Å². The number of pyridine rings is 1. The molecule has 142 valence electrons. The lowest BCUT2D eigenvalue weighted by atomic mass is 10.2. The van der Waals surface area contributed by atoms with Crippen LogP contribution in [0.5, 0.6) is 0 Å². The van der Waals surface area contributed by atoms with Crippen LogP contribution in [0.3, 0.4) is 0 Å². The number of hydrogen-bond acceptors (Lipinski definition) is 5. The molecule has 7 nitrogen and oxygen atoms in total. The van der Waals surface area contributed by atoms with E-state index in [2.05, 4.69) is 15.3 Å². The summed E-state index contributed by atoms with van der Waals surface area (Å²) in [7, 11) is 0. The predicted octanol–water partition coefficient (Wildman–Crippen LogP) is 4.13. The quantitative estimate of drug-likeness (QED) is 0.538. The maximum absolute atomic E-state index is 12.3. The van der Waals surface area contributed by atoms with E-state index in [-0.39, 0.29) is 0 Å². The minimum Gasteiger partial charge on any atom is -0.443 e. The van der Waals surface area contributed by atoms with Crippen LogP contribution in [0.15, 0.2) is 61.1 Å². The molecule has 4 aromatic rings. The van der Waals surface area contributed by atoms with Crippen LogP contribution in [0.25, 0.3) is 22.3 Å². The number of ether oxygens (including phenoxy) is 1. The number of aromatic nitrogens is 5. The van der Waals surface area contributed by atoms with Crippen molar-refractivity contribution in [2.45, 2.75) is 32.9 Å². The van der Waals surface area contributed by atoms with Crippen LogP contribution in [0, 0.1) is 0 Å². The van der Waals surface area contributed by atoms with Gasteiger partial charge in [-0.05, 0) is 38.5 Å². The van der Waals surface area contributed by atoms with E-state index in [1.54, 1.807) is 17.1 Å². The number of hydrogen-bond donors (Lipinski definition) is 0. The first kappa shape index (κ1) is 17.9. The zero-order valence-electron chi connectivity index (χ0n) is 16.0. The minimum atomic E-state index is -0.565. The predicted molar refractivity (Wildman–Crippen MR) is 106 cm³/mol. The van der Waals surface area contributed by atoms with Crippen LogP contribution in [0.1, 0.15) is 26.3 Å². The molecule has 0 saturated heterocycles. The van der Waals surface area contributed by atoms with Gasteiger partial charge in [-0.25, -0.2) is 19.0 Å². The van der Waals surface area contributed by atoms with E-state index in [1.807, 2.05) is 69.4 Å².